The Bertz CT molecular complexity index is 890. The van der Waals surface area contributed by atoms with Gasteiger partial charge in [0.25, 0.3) is 0 Å². The highest BCUT2D eigenvalue weighted by molar-refractivity contribution is 7.89. The SMILES string of the molecule is CC1(C)CC(NS(=O)(=O)c2cncc(F)c2)c2cc(N)ccc2O1.Cl. The van der Waals surface area contributed by atoms with Gasteiger partial charge in [-0.1, -0.05) is 0 Å². The van der Waals surface area contributed by atoms with E-state index in [0.717, 1.165) is 18.5 Å². The third kappa shape index (κ3) is 4.20. The molecule has 3 N–H and O–H groups in total. The fraction of sp³-hybridized carbons (Fsp3) is 0.312. The zero-order valence-electron chi connectivity index (χ0n) is 13.7. The minimum atomic E-state index is -3.94. The van der Waals surface area contributed by atoms with Crippen LogP contribution in [0.25, 0.3) is 0 Å². The number of anilines is 1. The summed E-state index contributed by atoms with van der Waals surface area (Å²) < 4.78 is 46.9. The van der Waals surface area contributed by atoms with E-state index in [9.17, 15) is 12.8 Å². The lowest BCUT2D eigenvalue weighted by Gasteiger charge is -2.37. The molecule has 0 fully saturated rings. The Morgan fingerprint density at radius 3 is 2.72 bits per heavy atom. The second kappa shape index (κ2) is 6.78. The Labute approximate surface area is 152 Å². The van der Waals surface area contributed by atoms with Gasteiger partial charge in [0.1, 0.15) is 22.1 Å². The molecular weight excluding hydrogens is 369 g/mol. The quantitative estimate of drug-likeness (QED) is 0.790. The molecule has 0 bridgehead atoms. The smallest absolute Gasteiger partial charge is 0.242 e. The van der Waals surface area contributed by atoms with Gasteiger partial charge in [0.15, 0.2) is 0 Å². The third-order valence-electron chi connectivity index (χ3n) is 3.78. The number of benzene rings is 1. The molecule has 0 spiro atoms. The predicted octanol–water partition coefficient (Wildman–Crippen LogP) is 2.81. The number of pyridine rings is 1. The summed E-state index contributed by atoms with van der Waals surface area (Å²) in [6.07, 6.45) is 2.47. The Morgan fingerprint density at radius 1 is 1.32 bits per heavy atom. The summed E-state index contributed by atoms with van der Waals surface area (Å²) in [7, 11) is -3.94. The maximum atomic E-state index is 13.3. The maximum Gasteiger partial charge on any atom is 0.242 e. The molecule has 1 aliphatic heterocycles. The van der Waals surface area contributed by atoms with Crippen LogP contribution in [-0.2, 0) is 10.0 Å². The molecule has 1 aliphatic rings. The molecule has 136 valence electrons. The van der Waals surface area contributed by atoms with Crippen molar-refractivity contribution in [2.75, 3.05) is 5.73 Å². The maximum absolute atomic E-state index is 13.3. The molecule has 1 atom stereocenters. The third-order valence-corrected chi connectivity index (χ3v) is 5.22. The zero-order chi connectivity index (χ0) is 17.5. The van der Waals surface area contributed by atoms with Gasteiger partial charge in [-0.3, -0.25) is 4.98 Å². The highest BCUT2D eigenvalue weighted by Gasteiger charge is 2.36. The van der Waals surface area contributed by atoms with Crippen molar-refractivity contribution in [2.24, 2.45) is 0 Å². The first kappa shape index (κ1) is 19.4. The van der Waals surface area contributed by atoms with Crippen LogP contribution in [0.5, 0.6) is 5.75 Å². The van der Waals surface area contributed by atoms with Gasteiger partial charge in [-0.2, -0.15) is 0 Å². The minimum absolute atomic E-state index is 0. The first-order valence-electron chi connectivity index (χ1n) is 7.38. The lowest BCUT2D eigenvalue weighted by Crippen LogP contribution is -2.41. The molecule has 1 aromatic carbocycles. The zero-order valence-corrected chi connectivity index (χ0v) is 15.3. The van der Waals surface area contributed by atoms with E-state index in [1.54, 1.807) is 18.2 Å². The van der Waals surface area contributed by atoms with E-state index in [-0.39, 0.29) is 17.3 Å². The van der Waals surface area contributed by atoms with Crippen LogP contribution in [0.2, 0.25) is 0 Å². The van der Waals surface area contributed by atoms with Gasteiger partial charge < -0.3 is 10.5 Å². The molecule has 3 rings (SSSR count). The molecule has 1 aromatic heterocycles. The largest absolute Gasteiger partial charge is 0.487 e. The van der Waals surface area contributed by atoms with E-state index in [0.29, 0.717) is 23.4 Å². The van der Waals surface area contributed by atoms with Crippen molar-refractivity contribution in [3.8, 4) is 5.75 Å². The van der Waals surface area contributed by atoms with Gasteiger partial charge in [-0.15, -0.1) is 12.4 Å². The van der Waals surface area contributed by atoms with Crippen LogP contribution < -0.4 is 15.2 Å². The number of rotatable bonds is 3. The van der Waals surface area contributed by atoms with Gasteiger partial charge in [0.2, 0.25) is 10.0 Å². The number of nitrogens with two attached hydrogens (primary N) is 1. The fourth-order valence-electron chi connectivity index (χ4n) is 2.77. The number of hydrogen-bond donors (Lipinski definition) is 2. The van der Waals surface area contributed by atoms with E-state index in [2.05, 4.69) is 9.71 Å². The summed E-state index contributed by atoms with van der Waals surface area (Å²) in [6, 6.07) is 5.49. The van der Waals surface area contributed by atoms with Gasteiger partial charge in [-0.25, -0.2) is 17.5 Å². The fourth-order valence-corrected chi connectivity index (χ4v) is 3.96. The lowest BCUT2D eigenvalue weighted by atomic mass is 9.90. The van der Waals surface area contributed by atoms with Gasteiger partial charge in [-0.05, 0) is 38.1 Å². The van der Waals surface area contributed by atoms with Crippen LogP contribution in [0.3, 0.4) is 0 Å². The van der Waals surface area contributed by atoms with E-state index in [1.807, 2.05) is 13.8 Å². The molecule has 25 heavy (non-hydrogen) atoms. The van der Waals surface area contributed by atoms with E-state index < -0.39 is 27.5 Å². The predicted molar refractivity (Wildman–Crippen MR) is 94.7 cm³/mol. The van der Waals surface area contributed by atoms with Crippen LogP contribution in [0.15, 0.2) is 41.6 Å². The second-order valence-electron chi connectivity index (χ2n) is 6.38. The Balaban J connectivity index is 0.00000225. The number of hydrogen-bond acceptors (Lipinski definition) is 5. The summed E-state index contributed by atoms with van der Waals surface area (Å²) >= 11 is 0. The molecule has 6 nitrogen and oxygen atoms in total. The number of nitrogen functional groups attached to an aromatic ring is 1. The second-order valence-corrected chi connectivity index (χ2v) is 8.09. The number of sulfonamides is 1. The Hall–Kier alpha value is -1.90. The number of halogens is 2. The summed E-state index contributed by atoms with van der Waals surface area (Å²) in [5.74, 6) is -0.139. The average Bonchev–Trinajstić information content (AvgIpc) is 2.47. The molecular formula is C16H19ClFN3O3S. The van der Waals surface area contributed by atoms with Gasteiger partial charge in [0, 0.05) is 23.9 Å². The monoisotopic (exact) mass is 387 g/mol. The first-order valence-corrected chi connectivity index (χ1v) is 8.86. The van der Waals surface area contributed by atoms with Crippen LogP contribution >= 0.6 is 12.4 Å². The topological polar surface area (TPSA) is 94.3 Å². The van der Waals surface area contributed by atoms with Crippen molar-refractivity contribution < 1.29 is 17.5 Å². The first-order chi connectivity index (χ1) is 11.2. The highest BCUT2D eigenvalue weighted by Crippen LogP contribution is 2.40. The van der Waals surface area contributed by atoms with Crippen molar-refractivity contribution in [2.45, 2.75) is 36.8 Å². The molecule has 0 amide bonds. The van der Waals surface area contributed by atoms with Crippen molar-refractivity contribution >= 4 is 28.1 Å². The van der Waals surface area contributed by atoms with Crippen LogP contribution in [0.4, 0.5) is 10.1 Å². The van der Waals surface area contributed by atoms with Crippen molar-refractivity contribution in [3.63, 3.8) is 0 Å². The van der Waals surface area contributed by atoms with Crippen molar-refractivity contribution in [3.05, 3.63) is 48.0 Å². The number of ether oxygens (including phenoxy) is 1. The van der Waals surface area contributed by atoms with Crippen LogP contribution in [0.1, 0.15) is 31.9 Å². The Kier molecular flexibility index (Phi) is 5.27. The highest BCUT2D eigenvalue weighted by atomic mass is 35.5. The van der Waals surface area contributed by atoms with E-state index >= 15 is 0 Å². The number of fused-ring (bicyclic) bond motifs is 1. The van der Waals surface area contributed by atoms with Crippen molar-refractivity contribution in [1.82, 2.24) is 9.71 Å². The summed E-state index contributed by atoms with van der Waals surface area (Å²) in [5, 5.41) is 0. The number of nitrogens with one attached hydrogen (secondary N) is 1. The standard InChI is InChI=1S/C16H18FN3O3S.ClH/c1-16(2)7-14(13-6-11(18)3-4-15(13)23-16)20-24(21,22)12-5-10(17)8-19-9-12;/h3-6,8-9,14,20H,7,18H2,1-2H3;1H. The molecule has 2 heterocycles. The summed E-state index contributed by atoms with van der Waals surface area (Å²) in [6.45, 7) is 3.74. The number of nitrogens with zero attached hydrogens (tertiary/aromatic N) is 1. The molecule has 2 aromatic rings. The molecule has 1 unspecified atom stereocenters. The summed E-state index contributed by atoms with van der Waals surface area (Å²) in [5.41, 5.74) is 6.42. The summed E-state index contributed by atoms with van der Waals surface area (Å²) in [4.78, 5) is 3.37. The minimum Gasteiger partial charge on any atom is -0.487 e. The van der Waals surface area contributed by atoms with E-state index in [1.165, 1.54) is 0 Å². The molecule has 0 radical (unpaired) electrons. The van der Waals surface area contributed by atoms with Crippen LogP contribution in [-0.4, -0.2) is 19.0 Å². The molecule has 9 heteroatoms. The van der Waals surface area contributed by atoms with Gasteiger partial charge >= 0.3 is 0 Å². The molecule has 0 aliphatic carbocycles. The van der Waals surface area contributed by atoms with Gasteiger partial charge in [0.05, 0.1) is 12.2 Å². The Morgan fingerprint density at radius 2 is 2.04 bits per heavy atom. The van der Waals surface area contributed by atoms with E-state index in [4.69, 9.17) is 10.5 Å². The normalized spacial score (nSPS) is 18.6. The van der Waals surface area contributed by atoms with Crippen LogP contribution in [0, 0.1) is 5.82 Å². The molecule has 0 saturated heterocycles. The lowest BCUT2D eigenvalue weighted by molar-refractivity contribution is 0.0702. The average molecular weight is 388 g/mol. The molecule has 0 saturated carbocycles. The van der Waals surface area contributed by atoms with Crippen molar-refractivity contribution in [1.29, 1.82) is 0 Å². The number of aromatic nitrogens is 1.